The molecule has 0 radical (unpaired) electrons. The molecule has 14 heavy (non-hydrogen) atoms. The average Bonchev–Trinajstić information content (AvgIpc) is 2.19. The Kier molecular flexibility index (Phi) is 4.26. The van der Waals surface area contributed by atoms with Crippen LogP contribution in [0, 0.1) is 7.14 Å². The first kappa shape index (κ1) is 12.3. The van der Waals surface area contributed by atoms with Crippen molar-refractivity contribution >= 4 is 68.4 Å². The highest BCUT2D eigenvalue weighted by atomic mass is 127. The number of rotatable bonds is 1. The number of hydrogen-bond acceptors (Lipinski definition) is 3. The molecule has 1 aromatic carbocycles. The number of ether oxygens (including phenoxy) is 1. The molecule has 0 aliphatic carbocycles. The molecule has 0 fully saturated rings. The SMILES string of the molecule is COC(=O)c1cc(I)c(N)c(I)c1Cl. The van der Waals surface area contributed by atoms with E-state index in [0.29, 0.717) is 19.8 Å². The van der Waals surface area contributed by atoms with Gasteiger partial charge in [-0.15, -0.1) is 0 Å². The van der Waals surface area contributed by atoms with Crippen LogP contribution in [0.2, 0.25) is 5.02 Å². The number of nitrogen functional groups attached to an aromatic ring is 1. The highest BCUT2D eigenvalue weighted by molar-refractivity contribution is 14.1. The van der Waals surface area contributed by atoms with E-state index >= 15 is 0 Å². The zero-order valence-corrected chi connectivity index (χ0v) is 12.2. The number of carbonyl (C=O) groups is 1. The van der Waals surface area contributed by atoms with Gasteiger partial charge in [0.05, 0.1) is 27.0 Å². The Morgan fingerprint density at radius 2 is 2.14 bits per heavy atom. The molecular weight excluding hydrogens is 431 g/mol. The molecule has 0 aromatic heterocycles. The molecule has 0 aliphatic rings. The molecule has 0 spiro atoms. The minimum Gasteiger partial charge on any atom is -0.465 e. The molecule has 0 saturated heterocycles. The van der Waals surface area contributed by atoms with E-state index in [9.17, 15) is 4.79 Å². The summed E-state index contributed by atoms with van der Waals surface area (Å²) in [4.78, 5) is 11.3. The van der Waals surface area contributed by atoms with Gasteiger partial charge in [0.1, 0.15) is 0 Å². The number of carbonyl (C=O) groups excluding carboxylic acids is 1. The summed E-state index contributed by atoms with van der Waals surface area (Å²) in [5.74, 6) is -0.453. The van der Waals surface area contributed by atoms with E-state index in [1.165, 1.54) is 7.11 Å². The lowest BCUT2D eigenvalue weighted by atomic mass is 10.2. The zero-order chi connectivity index (χ0) is 10.9. The summed E-state index contributed by atoms with van der Waals surface area (Å²) in [6.07, 6.45) is 0. The van der Waals surface area contributed by atoms with E-state index < -0.39 is 5.97 Å². The van der Waals surface area contributed by atoms with Crippen molar-refractivity contribution < 1.29 is 9.53 Å². The molecule has 0 unspecified atom stereocenters. The van der Waals surface area contributed by atoms with Gasteiger partial charge < -0.3 is 10.5 Å². The molecule has 0 saturated carbocycles. The normalized spacial score (nSPS) is 10.0. The van der Waals surface area contributed by atoms with Crippen LogP contribution in [0.5, 0.6) is 0 Å². The third-order valence-corrected chi connectivity index (χ3v) is 4.32. The second kappa shape index (κ2) is 4.84. The Labute approximate surface area is 114 Å². The van der Waals surface area contributed by atoms with Crippen molar-refractivity contribution in [2.45, 2.75) is 0 Å². The molecule has 2 N–H and O–H groups in total. The van der Waals surface area contributed by atoms with Gasteiger partial charge in [-0.3, -0.25) is 0 Å². The van der Waals surface area contributed by atoms with Gasteiger partial charge in [0.15, 0.2) is 0 Å². The third kappa shape index (κ3) is 2.25. The van der Waals surface area contributed by atoms with Crippen molar-refractivity contribution in [3.63, 3.8) is 0 Å². The van der Waals surface area contributed by atoms with Gasteiger partial charge in [-0.05, 0) is 51.2 Å². The Morgan fingerprint density at radius 1 is 1.57 bits per heavy atom. The predicted molar refractivity (Wildman–Crippen MR) is 72.6 cm³/mol. The van der Waals surface area contributed by atoms with Crippen LogP contribution in [-0.2, 0) is 4.74 Å². The Hall–Kier alpha value is 0.240. The fraction of sp³-hybridized carbons (Fsp3) is 0.125. The van der Waals surface area contributed by atoms with E-state index in [4.69, 9.17) is 17.3 Å². The molecule has 6 heteroatoms. The minimum atomic E-state index is -0.453. The van der Waals surface area contributed by atoms with Crippen LogP contribution in [0.1, 0.15) is 10.4 Å². The van der Waals surface area contributed by atoms with E-state index in [1.54, 1.807) is 6.07 Å². The molecule has 0 atom stereocenters. The van der Waals surface area contributed by atoms with Crippen molar-refractivity contribution in [3.8, 4) is 0 Å². The van der Waals surface area contributed by atoms with Crippen LogP contribution in [0.3, 0.4) is 0 Å². The maximum absolute atomic E-state index is 11.3. The Balaban J connectivity index is 3.40. The molecule has 0 amide bonds. The molecule has 0 aliphatic heterocycles. The highest BCUT2D eigenvalue weighted by Gasteiger charge is 2.17. The first-order valence-electron chi connectivity index (χ1n) is 3.50. The molecule has 1 aromatic rings. The van der Waals surface area contributed by atoms with Gasteiger partial charge in [-0.2, -0.15) is 0 Å². The van der Waals surface area contributed by atoms with Gasteiger partial charge in [0.25, 0.3) is 0 Å². The van der Waals surface area contributed by atoms with Crippen molar-refractivity contribution in [2.24, 2.45) is 0 Å². The van der Waals surface area contributed by atoms with Crippen LogP contribution < -0.4 is 5.73 Å². The Morgan fingerprint density at radius 3 is 2.64 bits per heavy atom. The molecule has 1 rings (SSSR count). The summed E-state index contributed by atoms with van der Waals surface area (Å²) in [5, 5.41) is 0.343. The van der Waals surface area contributed by atoms with Crippen molar-refractivity contribution in [2.75, 3.05) is 12.8 Å². The second-order valence-corrected chi connectivity index (χ2v) is 5.06. The van der Waals surface area contributed by atoms with Crippen LogP contribution in [0.25, 0.3) is 0 Å². The van der Waals surface area contributed by atoms with Gasteiger partial charge >= 0.3 is 5.97 Å². The Bertz CT molecular complexity index is 395. The predicted octanol–water partition coefficient (Wildman–Crippen LogP) is 2.92. The maximum Gasteiger partial charge on any atom is 0.339 e. The topological polar surface area (TPSA) is 52.3 Å². The zero-order valence-electron chi connectivity index (χ0n) is 7.11. The monoisotopic (exact) mass is 437 g/mol. The summed E-state index contributed by atoms with van der Waals surface area (Å²) in [7, 11) is 1.31. The van der Waals surface area contributed by atoms with Crippen molar-refractivity contribution in [1.82, 2.24) is 0 Å². The second-order valence-electron chi connectivity index (χ2n) is 2.44. The van der Waals surface area contributed by atoms with Gasteiger partial charge in [0, 0.05) is 3.57 Å². The quantitative estimate of drug-likeness (QED) is 0.318. The number of methoxy groups -OCH3 is 1. The van der Waals surface area contributed by atoms with Crippen LogP contribution >= 0.6 is 56.8 Å². The molecule has 3 nitrogen and oxygen atoms in total. The lowest BCUT2D eigenvalue weighted by molar-refractivity contribution is 0.0601. The van der Waals surface area contributed by atoms with Gasteiger partial charge in [0.2, 0.25) is 0 Å². The summed E-state index contributed by atoms with van der Waals surface area (Å²) in [6.45, 7) is 0. The standard InChI is InChI=1S/C8H6ClI2NO2/c1-14-8(13)3-2-4(10)7(12)6(11)5(3)9/h2H,12H2,1H3. The minimum absolute atomic E-state index is 0.343. The third-order valence-electron chi connectivity index (χ3n) is 1.60. The largest absolute Gasteiger partial charge is 0.465 e. The molecular formula is C8H6ClI2NO2. The first-order valence-corrected chi connectivity index (χ1v) is 6.03. The van der Waals surface area contributed by atoms with E-state index in [1.807, 2.05) is 45.2 Å². The lowest BCUT2D eigenvalue weighted by Gasteiger charge is -2.08. The number of nitrogens with two attached hydrogens (primary N) is 1. The van der Waals surface area contributed by atoms with Crippen LogP contribution in [0.4, 0.5) is 5.69 Å². The summed E-state index contributed by atoms with van der Waals surface area (Å²) >= 11 is 10.00. The number of anilines is 1. The van der Waals surface area contributed by atoms with Crippen LogP contribution in [0.15, 0.2) is 6.07 Å². The highest BCUT2D eigenvalue weighted by Crippen LogP contribution is 2.32. The first-order chi connectivity index (χ1) is 6.49. The number of halogens is 3. The number of benzene rings is 1. The summed E-state index contributed by atoms with van der Waals surface area (Å²) in [5.41, 5.74) is 6.67. The smallest absolute Gasteiger partial charge is 0.339 e. The maximum atomic E-state index is 11.3. The van der Waals surface area contributed by atoms with E-state index in [-0.39, 0.29) is 0 Å². The van der Waals surface area contributed by atoms with E-state index in [2.05, 4.69) is 4.74 Å². The molecule has 76 valence electrons. The molecule has 0 heterocycles. The van der Waals surface area contributed by atoms with E-state index in [0.717, 1.165) is 3.57 Å². The van der Waals surface area contributed by atoms with Crippen molar-refractivity contribution in [3.05, 3.63) is 23.8 Å². The number of hydrogen-bond donors (Lipinski definition) is 1. The van der Waals surface area contributed by atoms with Gasteiger partial charge in [-0.1, -0.05) is 11.6 Å². The lowest BCUT2D eigenvalue weighted by Crippen LogP contribution is -2.06. The fourth-order valence-corrected chi connectivity index (χ4v) is 2.78. The van der Waals surface area contributed by atoms with Crippen molar-refractivity contribution in [1.29, 1.82) is 0 Å². The van der Waals surface area contributed by atoms with Crippen LogP contribution in [-0.4, -0.2) is 13.1 Å². The molecule has 0 bridgehead atoms. The van der Waals surface area contributed by atoms with Gasteiger partial charge in [-0.25, -0.2) is 4.79 Å². The summed E-state index contributed by atoms with van der Waals surface area (Å²) < 4.78 is 6.06. The number of esters is 1. The average molecular weight is 437 g/mol. The summed E-state index contributed by atoms with van der Waals surface area (Å²) in [6, 6.07) is 1.62. The fourth-order valence-electron chi connectivity index (χ4n) is 0.868.